The number of rotatable bonds is 8. The van der Waals surface area contributed by atoms with Crippen molar-refractivity contribution in [2.24, 2.45) is 0 Å². The smallest absolute Gasteiger partial charge is 0.0116 e. The summed E-state index contributed by atoms with van der Waals surface area (Å²) in [7, 11) is 0. The van der Waals surface area contributed by atoms with Gasteiger partial charge in [0.05, 0.1) is 0 Å². The topological polar surface area (TPSA) is 0 Å². The molecule has 0 nitrogen and oxygen atoms in total. The molecular weight excluding hydrogens is 212 g/mol. The van der Waals surface area contributed by atoms with Gasteiger partial charge in [0.25, 0.3) is 0 Å². The molecule has 0 aromatic heterocycles. The first kappa shape index (κ1) is 13.4. The van der Waals surface area contributed by atoms with E-state index in [1.165, 1.54) is 43.4 Å². The summed E-state index contributed by atoms with van der Waals surface area (Å²) in [6.07, 6.45) is 10.4. The van der Waals surface area contributed by atoms with Crippen LogP contribution in [-0.2, 0) is 0 Å². The van der Waals surface area contributed by atoms with Crippen molar-refractivity contribution in [3.8, 4) is 0 Å². The molecule has 0 aliphatic rings. The predicted octanol–water partition coefficient (Wildman–Crippen LogP) is 5.65. The highest BCUT2D eigenvalue weighted by molar-refractivity contribution is 8.02. The zero-order valence-corrected chi connectivity index (χ0v) is 11.0. The molecular formula is C15H22S. The lowest BCUT2D eigenvalue weighted by molar-refractivity contribution is 0.637. The van der Waals surface area contributed by atoms with Crippen molar-refractivity contribution in [1.29, 1.82) is 0 Å². The largest absolute Gasteiger partial charge is 0.0984 e. The number of thioether (sulfide) groups is 1. The Morgan fingerprint density at radius 3 is 2.50 bits per heavy atom. The van der Waals surface area contributed by atoms with Crippen LogP contribution < -0.4 is 0 Å². The molecule has 0 aliphatic carbocycles. The Morgan fingerprint density at radius 2 is 1.75 bits per heavy atom. The molecule has 1 aromatic carbocycles. The molecule has 0 unspecified atom stereocenters. The summed E-state index contributed by atoms with van der Waals surface area (Å²) >= 11 is 1.81. The Hall–Kier alpha value is -0.690. The molecule has 1 rings (SSSR count). The van der Waals surface area contributed by atoms with Crippen molar-refractivity contribution < 1.29 is 0 Å². The van der Waals surface area contributed by atoms with E-state index in [-0.39, 0.29) is 0 Å². The summed E-state index contributed by atoms with van der Waals surface area (Å²) in [5, 5.41) is 2.22. The van der Waals surface area contributed by atoms with E-state index in [9.17, 15) is 0 Å². The molecule has 0 spiro atoms. The summed E-state index contributed by atoms with van der Waals surface area (Å²) in [5.74, 6) is 0. The Kier molecular flexibility index (Phi) is 7.97. The highest BCUT2D eigenvalue weighted by Gasteiger charge is 1.88. The summed E-state index contributed by atoms with van der Waals surface area (Å²) in [6.45, 7) is 2.26. The summed E-state index contributed by atoms with van der Waals surface area (Å²) in [4.78, 5) is 1.32. The number of hydrogen-bond donors (Lipinski definition) is 0. The zero-order valence-electron chi connectivity index (χ0n) is 10.2. The number of allylic oxidation sites excluding steroid dienone is 1. The van der Waals surface area contributed by atoms with Gasteiger partial charge in [-0.25, -0.2) is 0 Å². The van der Waals surface area contributed by atoms with Gasteiger partial charge in [-0.1, -0.05) is 68.6 Å². The van der Waals surface area contributed by atoms with E-state index in [1.54, 1.807) is 0 Å². The van der Waals surface area contributed by atoms with E-state index in [1.807, 2.05) is 11.8 Å². The SMILES string of the molecule is CCCCCCCC=CSc1ccccc1. The summed E-state index contributed by atoms with van der Waals surface area (Å²) < 4.78 is 0. The van der Waals surface area contributed by atoms with Crippen LogP contribution in [0.3, 0.4) is 0 Å². The average Bonchev–Trinajstić information content (AvgIpc) is 2.34. The van der Waals surface area contributed by atoms with Gasteiger partial charge >= 0.3 is 0 Å². The first-order chi connectivity index (χ1) is 7.93. The van der Waals surface area contributed by atoms with Crippen LogP contribution in [0.5, 0.6) is 0 Å². The quantitative estimate of drug-likeness (QED) is 0.413. The van der Waals surface area contributed by atoms with E-state index in [2.05, 4.69) is 48.7 Å². The standard InChI is InChI=1S/C15H22S/c1-2-3-4-5-6-7-11-14-16-15-12-9-8-10-13-15/h8-14H,2-7H2,1H3. The normalized spacial score (nSPS) is 11.1. The van der Waals surface area contributed by atoms with Crippen molar-refractivity contribution in [1.82, 2.24) is 0 Å². The molecule has 0 heterocycles. The third-order valence-corrected chi connectivity index (χ3v) is 3.39. The van der Waals surface area contributed by atoms with Gasteiger partial charge in [-0.05, 0) is 30.4 Å². The molecule has 0 fully saturated rings. The number of hydrogen-bond acceptors (Lipinski definition) is 1. The molecule has 1 aromatic rings. The summed E-state index contributed by atoms with van der Waals surface area (Å²) in [6, 6.07) is 10.5. The molecule has 0 amide bonds. The third-order valence-electron chi connectivity index (χ3n) is 2.52. The third kappa shape index (κ3) is 6.73. The minimum Gasteiger partial charge on any atom is -0.0984 e. The molecule has 0 atom stereocenters. The Labute approximate surface area is 104 Å². The fourth-order valence-electron chi connectivity index (χ4n) is 1.56. The van der Waals surface area contributed by atoms with Crippen LogP contribution in [0.1, 0.15) is 45.4 Å². The number of benzene rings is 1. The molecule has 0 radical (unpaired) electrons. The molecule has 88 valence electrons. The van der Waals surface area contributed by atoms with Crippen LogP contribution in [0.2, 0.25) is 0 Å². The fraction of sp³-hybridized carbons (Fsp3) is 0.467. The number of unbranched alkanes of at least 4 members (excludes halogenated alkanes) is 5. The molecule has 0 N–H and O–H groups in total. The maximum Gasteiger partial charge on any atom is 0.0116 e. The van der Waals surface area contributed by atoms with E-state index in [0.29, 0.717) is 0 Å². The lowest BCUT2D eigenvalue weighted by Gasteiger charge is -1.96. The highest BCUT2D eigenvalue weighted by Crippen LogP contribution is 2.18. The van der Waals surface area contributed by atoms with Gasteiger partial charge in [-0.3, -0.25) is 0 Å². The highest BCUT2D eigenvalue weighted by atomic mass is 32.2. The summed E-state index contributed by atoms with van der Waals surface area (Å²) in [5.41, 5.74) is 0. The Balaban J connectivity index is 2.01. The second-order valence-electron chi connectivity index (χ2n) is 4.01. The second kappa shape index (κ2) is 9.53. The fourth-order valence-corrected chi connectivity index (χ4v) is 2.26. The van der Waals surface area contributed by atoms with Crippen LogP contribution in [0.15, 0.2) is 46.7 Å². The van der Waals surface area contributed by atoms with Gasteiger partial charge in [0, 0.05) is 4.90 Å². The monoisotopic (exact) mass is 234 g/mol. The molecule has 0 aliphatic heterocycles. The van der Waals surface area contributed by atoms with Gasteiger partial charge < -0.3 is 0 Å². The van der Waals surface area contributed by atoms with Gasteiger partial charge in [0.1, 0.15) is 0 Å². The van der Waals surface area contributed by atoms with E-state index < -0.39 is 0 Å². The Morgan fingerprint density at radius 1 is 1.00 bits per heavy atom. The molecule has 0 bridgehead atoms. The maximum atomic E-state index is 2.30. The molecule has 1 heteroatoms. The first-order valence-corrected chi connectivity index (χ1v) is 7.18. The van der Waals surface area contributed by atoms with Crippen molar-refractivity contribution in [2.75, 3.05) is 0 Å². The van der Waals surface area contributed by atoms with Crippen LogP contribution in [0, 0.1) is 0 Å². The minimum absolute atomic E-state index is 1.23. The zero-order chi connectivity index (χ0) is 11.5. The van der Waals surface area contributed by atoms with E-state index in [4.69, 9.17) is 0 Å². The minimum atomic E-state index is 1.23. The predicted molar refractivity (Wildman–Crippen MR) is 74.8 cm³/mol. The van der Waals surface area contributed by atoms with Crippen molar-refractivity contribution >= 4 is 11.8 Å². The Bertz CT molecular complexity index is 277. The van der Waals surface area contributed by atoms with Crippen molar-refractivity contribution in [3.63, 3.8) is 0 Å². The van der Waals surface area contributed by atoms with Gasteiger partial charge in [-0.2, -0.15) is 0 Å². The van der Waals surface area contributed by atoms with E-state index in [0.717, 1.165) is 0 Å². The maximum absolute atomic E-state index is 2.30. The van der Waals surface area contributed by atoms with Gasteiger partial charge in [0.2, 0.25) is 0 Å². The van der Waals surface area contributed by atoms with Crippen molar-refractivity contribution in [2.45, 2.75) is 50.3 Å². The molecule has 0 saturated carbocycles. The van der Waals surface area contributed by atoms with Gasteiger partial charge in [-0.15, -0.1) is 0 Å². The van der Waals surface area contributed by atoms with Crippen LogP contribution in [0.4, 0.5) is 0 Å². The van der Waals surface area contributed by atoms with Crippen LogP contribution in [-0.4, -0.2) is 0 Å². The van der Waals surface area contributed by atoms with Crippen LogP contribution >= 0.6 is 11.8 Å². The van der Waals surface area contributed by atoms with Gasteiger partial charge in [0.15, 0.2) is 0 Å². The molecule has 0 saturated heterocycles. The van der Waals surface area contributed by atoms with Crippen LogP contribution in [0.25, 0.3) is 0 Å². The second-order valence-corrected chi connectivity index (χ2v) is 4.98. The van der Waals surface area contributed by atoms with Crippen molar-refractivity contribution in [3.05, 3.63) is 41.8 Å². The first-order valence-electron chi connectivity index (χ1n) is 6.30. The average molecular weight is 234 g/mol. The molecule has 16 heavy (non-hydrogen) atoms. The van der Waals surface area contributed by atoms with E-state index >= 15 is 0 Å². The lowest BCUT2D eigenvalue weighted by atomic mass is 10.1. The lowest BCUT2D eigenvalue weighted by Crippen LogP contribution is -1.75.